The Bertz CT molecular complexity index is 903. The van der Waals surface area contributed by atoms with Crippen LogP contribution in [0.3, 0.4) is 0 Å². The Morgan fingerprint density at radius 2 is 1.26 bits per heavy atom. The number of halogens is 4. The zero-order chi connectivity index (χ0) is 29.0. The molecule has 0 heterocycles. The molecule has 0 N–H and O–H groups in total. The van der Waals surface area contributed by atoms with Gasteiger partial charge >= 0.3 is 29.9 Å². The molecule has 2 aliphatic rings. The first-order valence-electron chi connectivity index (χ1n) is 12.5. The summed E-state index contributed by atoms with van der Waals surface area (Å²) in [6.07, 6.45) is 15.7. The molecule has 0 bridgehead atoms. The molecule has 2 nitrogen and oxygen atoms in total. The van der Waals surface area contributed by atoms with E-state index in [1.165, 1.54) is 19.3 Å². The predicted octanol–water partition coefficient (Wildman–Crippen LogP) is 8.51. The van der Waals surface area contributed by atoms with Gasteiger partial charge in [0.1, 0.15) is 0 Å². The van der Waals surface area contributed by atoms with Crippen LogP contribution in [0.2, 0.25) is 0 Å². The molecule has 0 unspecified atom stereocenters. The van der Waals surface area contributed by atoms with Crippen molar-refractivity contribution >= 4 is 25.8 Å². The van der Waals surface area contributed by atoms with Gasteiger partial charge in [0.25, 0.3) is 0 Å². The first-order chi connectivity index (χ1) is 18.2. The van der Waals surface area contributed by atoms with E-state index in [0.717, 1.165) is 29.8 Å². The van der Waals surface area contributed by atoms with E-state index in [9.17, 15) is 17.3 Å². The molecule has 1 saturated carbocycles. The van der Waals surface area contributed by atoms with Gasteiger partial charge in [-0.15, -0.1) is 0 Å². The third-order valence-electron chi connectivity index (χ3n) is 6.15. The second-order valence-electron chi connectivity index (χ2n) is 9.21. The molecule has 0 spiro atoms. The summed E-state index contributed by atoms with van der Waals surface area (Å²) in [4.78, 5) is 0. The third-order valence-corrected chi connectivity index (χ3v) is 9.12. The van der Waals surface area contributed by atoms with E-state index in [4.69, 9.17) is 9.30 Å². The summed E-state index contributed by atoms with van der Waals surface area (Å²) in [6.45, 7) is 16.3. The largest absolute Gasteiger partial charge is 0.0839 e. The number of rotatable bonds is 4. The Kier molecular flexibility index (Phi) is 23.1. The van der Waals surface area contributed by atoms with Gasteiger partial charge < -0.3 is 17.3 Å². The molecular weight excluding hydrogens is 566 g/mol. The minimum Gasteiger partial charge on any atom is -0.0839 e. The van der Waals surface area contributed by atoms with Crippen LogP contribution in [0.5, 0.6) is 0 Å². The molecule has 1 fully saturated rings. The topological polar surface area (TPSA) is 39.8 Å². The molecular formula is C30H36BF4FeO2P-. The average molecular weight is 602 g/mol. The summed E-state index contributed by atoms with van der Waals surface area (Å²) in [5, 5.41) is 3.11. The fourth-order valence-electron chi connectivity index (χ4n) is 4.61. The quantitative estimate of drug-likeness (QED) is 0.111. The van der Waals surface area contributed by atoms with Crippen molar-refractivity contribution in [1.29, 1.82) is 0 Å². The summed E-state index contributed by atoms with van der Waals surface area (Å²) >= 11 is 0. The predicted molar refractivity (Wildman–Crippen MR) is 149 cm³/mol. The maximum atomic E-state index is 9.75. The minimum absolute atomic E-state index is 0. The fraction of sp³-hybridized carbons (Fsp3) is 0.367. The van der Waals surface area contributed by atoms with Crippen molar-refractivity contribution in [2.75, 3.05) is 0 Å². The number of benzene rings is 2. The van der Waals surface area contributed by atoms with Gasteiger partial charge in [-0.1, -0.05) is 112 Å². The van der Waals surface area contributed by atoms with Crippen LogP contribution in [0.1, 0.15) is 46.5 Å². The van der Waals surface area contributed by atoms with Gasteiger partial charge in [-0.3, -0.25) is 0 Å². The molecule has 2 aromatic carbocycles. The maximum Gasteiger partial charge on any atom is 0 e. The zero-order valence-corrected chi connectivity index (χ0v) is 24.5. The molecule has 2 aliphatic carbocycles. The van der Waals surface area contributed by atoms with Crippen molar-refractivity contribution in [2.24, 2.45) is 17.8 Å². The zero-order valence-electron chi connectivity index (χ0n) is 22.5. The van der Waals surface area contributed by atoms with E-state index in [2.05, 4.69) is 119 Å². The van der Waals surface area contributed by atoms with Crippen LogP contribution >= 0.6 is 7.92 Å². The van der Waals surface area contributed by atoms with Crippen LogP contribution < -0.4 is 10.6 Å². The van der Waals surface area contributed by atoms with E-state index < -0.39 is 7.25 Å². The Morgan fingerprint density at radius 1 is 0.795 bits per heavy atom. The van der Waals surface area contributed by atoms with Crippen molar-refractivity contribution in [3.8, 4) is 0 Å². The Labute approximate surface area is 243 Å². The van der Waals surface area contributed by atoms with Gasteiger partial charge in [-0.05, 0) is 67.6 Å². The van der Waals surface area contributed by atoms with Crippen LogP contribution in [-0.4, -0.2) is 12.9 Å². The van der Waals surface area contributed by atoms with Crippen LogP contribution in [0.25, 0.3) is 0 Å². The number of hydrogen-bond acceptors (Lipinski definition) is 0. The van der Waals surface area contributed by atoms with Gasteiger partial charge in [0, 0.05) is 17.1 Å². The fourth-order valence-corrected chi connectivity index (χ4v) is 8.11. The summed E-state index contributed by atoms with van der Waals surface area (Å²) in [7, 11) is -6.27. The summed E-state index contributed by atoms with van der Waals surface area (Å²) in [6, 6.07) is 22.6. The van der Waals surface area contributed by atoms with Gasteiger partial charge in [-0.2, -0.15) is 0 Å². The van der Waals surface area contributed by atoms with E-state index in [1.54, 1.807) is 10.6 Å². The van der Waals surface area contributed by atoms with E-state index in [0.29, 0.717) is 0 Å². The van der Waals surface area contributed by atoms with Gasteiger partial charge in [0.05, 0.1) is 0 Å². The Balaban J connectivity index is 0. The molecule has 3 atom stereocenters. The van der Waals surface area contributed by atoms with Crippen molar-refractivity contribution in [2.45, 2.75) is 52.1 Å². The molecule has 0 aromatic heterocycles. The second-order valence-corrected chi connectivity index (χ2v) is 11.6. The van der Waals surface area contributed by atoms with Crippen LogP contribution in [-0.2, 0) is 26.4 Å². The van der Waals surface area contributed by atoms with Gasteiger partial charge in [0.15, 0.2) is 0 Å². The van der Waals surface area contributed by atoms with E-state index in [1.807, 2.05) is 6.08 Å². The van der Waals surface area contributed by atoms with Gasteiger partial charge in [0.2, 0.25) is 0 Å². The molecule has 4 rings (SSSR count). The summed E-state index contributed by atoms with van der Waals surface area (Å²) < 4.78 is 54.0. The summed E-state index contributed by atoms with van der Waals surface area (Å²) in [5.41, 5.74) is 0.818. The molecule has 2 aromatic rings. The molecule has 1 radical (unpaired) electrons. The standard InChI is InChI=1S/C22H29P.C6H7.2CO.BF4.Fe/c1-17(2)21-15-14-18(3)16-22(21)23(19-10-6-4-7-11-19)20-12-8-5-9-13-20;1-2-4-6-5-3-1;2*1-2;2-1(3,4)5;/h4-13,17-18,21-22H,14-16H2,1-3H3;1-5H,6H2;;;;/q;;;;-1;/t18-,21+,22+;;;;;/m1...../s1. The van der Waals surface area contributed by atoms with Crippen LogP contribution in [0.4, 0.5) is 17.3 Å². The van der Waals surface area contributed by atoms with Crippen molar-refractivity contribution < 1.29 is 43.6 Å². The van der Waals surface area contributed by atoms with Crippen LogP contribution in [0.15, 0.2) is 85.0 Å². The molecule has 39 heavy (non-hydrogen) atoms. The second kappa shape index (κ2) is 22.9. The Morgan fingerprint density at radius 3 is 1.56 bits per heavy atom. The molecule has 0 aliphatic heterocycles. The normalized spacial score (nSPS) is 19.3. The maximum absolute atomic E-state index is 9.75. The SMILES string of the molecule is CC(C)[C@@H]1CC[C@@H](C)C[C@@H]1P(c1ccccc1)c1ccccc1.F[B-](F)(F)F.[C-]#[O+].[C-]#[O+].[CH]1C=CC=CC1.[Fe]. The minimum atomic E-state index is -6.00. The molecule has 0 saturated heterocycles. The van der Waals surface area contributed by atoms with Crippen molar-refractivity contribution in [3.05, 3.63) is 105 Å². The van der Waals surface area contributed by atoms with Crippen LogP contribution in [0, 0.1) is 37.5 Å². The third kappa shape index (κ3) is 17.4. The number of hydrogen-bond donors (Lipinski definition) is 0. The Hall–Kier alpha value is -1.87. The van der Waals surface area contributed by atoms with Crippen molar-refractivity contribution in [3.63, 3.8) is 0 Å². The van der Waals surface area contributed by atoms with E-state index >= 15 is 0 Å². The first kappa shape index (κ1) is 39.3. The summed E-state index contributed by atoms with van der Waals surface area (Å²) in [5.74, 6) is 2.51. The molecule has 213 valence electrons. The van der Waals surface area contributed by atoms with Gasteiger partial charge in [-0.25, -0.2) is 0 Å². The smallest absolute Gasteiger partial charge is 0 e. The molecule has 0 amide bonds. The van der Waals surface area contributed by atoms with Crippen molar-refractivity contribution in [1.82, 2.24) is 0 Å². The first-order valence-corrected chi connectivity index (χ1v) is 13.9. The monoisotopic (exact) mass is 602 g/mol. The molecule has 9 heteroatoms. The average Bonchev–Trinajstić information content (AvgIpc) is 2.93. The van der Waals surface area contributed by atoms with E-state index in [-0.39, 0.29) is 25.0 Å². The number of allylic oxidation sites excluding steroid dienone is 4.